The van der Waals surface area contributed by atoms with Crippen molar-refractivity contribution in [3.63, 3.8) is 0 Å². The van der Waals surface area contributed by atoms with Crippen molar-refractivity contribution < 1.29 is 17.3 Å². The Hall–Kier alpha value is -1.39. The van der Waals surface area contributed by atoms with Gasteiger partial charge in [-0.2, -0.15) is 0 Å². The van der Waals surface area contributed by atoms with E-state index in [1.54, 1.807) is 5.57 Å². The summed E-state index contributed by atoms with van der Waals surface area (Å²) < 4.78 is 3.28. The molecule has 0 saturated carbocycles. The predicted molar refractivity (Wildman–Crippen MR) is 88.0 cm³/mol. The molecule has 0 radical (unpaired) electrons. The molecule has 0 saturated heterocycles. The first-order chi connectivity index (χ1) is 10.1. The Labute approximate surface area is 133 Å². The fourth-order valence-electron chi connectivity index (χ4n) is 2.57. The van der Waals surface area contributed by atoms with Crippen molar-refractivity contribution in [1.29, 1.82) is 0 Å². The average molecular weight is 456 g/mol. The maximum absolute atomic E-state index is 2.45. The van der Waals surface area contributed by atoms with E-state index in [4.69, 9.17) is 0 Å². The summed E-state index contributed by atoms with van der Waals surface area (Å²) in [7, 11) is 0. The van der Waals surface area contributed by atoms with Crippen LogP contribution in [-0.4, -0.2) is 0 Å². The molecule has 1 heteroatoms. The Bertz CT molecular complexity index is 643. The van der Waals surface area contributed by atoms with Crippen LogP contribution in [0.25, 0.3) is 0 Å². The third-order valence-corrected chi connectivity index (χ3v) is 11.8. The Morgan fingerprint density at radius 2 is 1.24 bits per heavy atom. The van der Waals surface area contributed by atoms with Crippen molar-refractivity contribution in [3.8, 4) is 0 Å². The van der Waals surface area contributed by atoms with Crippen molar-refractivity contribution in [3.05, 3.63) is 84.0 Å². The van der Waals surface area contributed by atoms with E-state index in [0.717, 1.165) is 0 Å². The van der Waals surface area contributed by atoms with Crippen LogP contribution in [0.1, 0.15) is 20.8 Å². The van der Waals surface area contributed by atoms with Gasteiger partial charge in [0.05, 0.1) is 0 Å². The molecule has 1 aliphatic rings. The SMILES string of the molecule is CC1=C(C)[C](C)([Pt]([c]2ccccc2)[c]2ccccc2)C=C1. The first-order valence-corrected chi connectivity index (χ1v) is 10.6. The van der Waals surface area contributed by atoms with E-state index in [1.165, 1.54) is 13.5 Å². The number of benzene rings is 2. The third kappa shape index (κ3) is 2.58. The van der Waals surface area contributed by atoms with Gasteiger partial charge >= 0.3 is 134 Å². The Morgan fingerprint density at radius 3 is 1.62 bits per heavy atom. The molecule has 111 valence electrons. The number of hydrogen-bond donors (Lipinski definition) is 0. The fraction of sp³-hybridized carbons (Fsp3) is 0.200. The molecule has 0 amide bonds. The maximum atomic E-state index is 2.45. The second kappa shape index (κ2) is 5.77. The van der Waals surface area contributed by atoms with E-state index in [0.29, 0.717) is 0 Å². The molecule has 21 heavy (non-hydrogen) atoms. The van der Waals surface area contributed by atoms with Crippen LogP contribution >= 0.6 is 0 Å². The standard InChI is InChI=1S/C8H11.2C6H5.Pt/c1-6-4-5-7(2)8(6)3;2*1-2-4-6-5-3-1;/h4-5H,1-3H3;2*1-5H;. The van der Waals surface area contributed by atoms with E-state index in [2.05, 4.69) is 93.6 Å². The molecule has 2 aromatic carbocycles. The van der Waals surface area contributed by atoms with Gasteiger partial charge in [0.15, 0.2) is 0 Å². The van der Waals surface area contributed by atoms with Crippen molar-refractivity contribution in [2.45, 2.75) is 24.6 Å². The average Bonchev–Trinajstić information content (AvgIpc) is 2.78. The van der Waals surface area contributed by atoms with Crippen molar-refractivity contribution in [2.75, 3.05) is 0 Å². The van der Waals surface area contributed by atoms with Crippen molar-refractivity contribution >= 4 is 7.91 Å². The summed E-state index contributed by atoms with van der Waals surface area (Å²) in [4.78, 5) is 0. The van der Waals surface area contributed by atoms with E-state index in [1.807, 2.05) is 0 Å². The molecule has 0 bridgehead atoms. The van der Waals surface area contributed by atoms with Gasteiger partial charge in [0, 0.05) is 0 Å². The Morgan fingerprint density at radius 1 is 0.762 bits per heavy atom. The normalized spacial score (nSPS) is 21.8. The van der Waals surface area contributed by atoms with E-state index in [-0.39, 0.29) is 3.80 Å². The van der Waals surface area contributed by atoms with Gasteiger partial charge in [0.2, 0.25) is 0 Å². The van der Waals surface area contributed by atoms with Gasteiger partial charge in [0.1, 0.15) is 0 Å². The van der Waals surface area contributed by atoms with E-state index in [9.17, 15) is 0 Å². The molecule has 2 aromatic rings. The summed E-state index contributed by atoms with van der Waals surface area (Å²) in [5.41, 5.74) is 2.98. The van der Waals surface area contributed by atoms with Crippen LogP contribution in [0.15, 0.2) is 84.0 Å². The molecular formula is C20H21Pt. The zero-order chi connectivity index (χ0) is 14.9. The minimum absolute atomic E-state index is 0.206. The van der Waals surface area contributed by atoms with Gasteiger partial charge < -0.3 is 0 Å². The van der Waals surface area contributed by atoms with Gasteiger partial charge in [-0.15, -0.1) is 0 Å². The summed E-state index contributed by atoms with van der Waals surface area (Å²) in [6.45, 7) is 6.98. The molecule has 0 aromatic heterocycles. The zero-order valence-electron chi connectivity index (χ0n) is 12.7. The van der Waals surface area contributed by atoms with Crippen LogP contribution in [0.2, 0.25) is 3.80 Å². The molecule has 0 N–H and O–H groups in total. The molecule has 0 fully saturated rings. The van der Waals surface area contributed by atoms with Gasteiger partial charge in [-0.3, -0.25) is 0 Å². The predicted octanol–water partition coefficient (Wildman–Crippen LogP) is 4.34. The van der Waals surface area contributed by atoms with Crippen LogP contribution in [0, 0.1) is 0 Å². The Kier molecular flexibility index (Phi) is 4.00. The van der Waals surface area contributed by atoms with E-state index >= 15 is 0 Å². The monoisotopic (exact) mass is 456 g/mol. The van der Waals surface area contributed by atoms with Crippen LogP contribution in [0.4, 0.5) is 0 Å². The van der Waals surface area contributed by atoms with Gasteiger partial charge in [-0.25, -0.2) is 0 Å². The molecule has 0 heterocycles. The molecule has 1 aliphatic carbocycles. The number of allylic oxidation sites excluding steroid dienone is 4. The molecule has 0 nitrogen and oxygen atoms in total. The third-order valence-electron chi connectivity index (χ3n) is 4.06. The summed E-state index contributed by atoms with van der Waals surface area (Å²) in [5, 5.41) is 0. The Balaban J connectivity index is 2.17. The molecular weight excluding hydrogens is 435 g/mol. The molecule has 0 aliphatic heterocycles. The summed E-state index contributed by atoms with van der Waals surface area (Å²) >= 11 is -1.59. The zero-order valence-corrected chi connectivity index (χ0v) is 15.0. The van der Waals surface area contributed by atoms with Crippen LogP contribution in [-0.2, 0) is 17.3 Å². The molecule has 1 unspecified atom stereocenters. The van der Waals surface area contributed by atoms with Crippen molar-refractivity contribution in [2.24, 2.45) is 0 Å². The van der Waals surface area contributed by atoms with Gasteiger partial charge in [0.25, 0.3) is 0 Å². The van der Waals surface area contributed by atoms with Gasteiger partial charge in [-0.05, 0) is 0 Å². The molecule has 1 atom stereocenters. The summed E-state index contributed by atoms with van der Waals surface area (Å²) in [5.74, 6) is 0. The van der Waals surface area contributed by atoms with Gasteiger partial charge in [-0.1, -0.05) is 0 Å². The quantitative estimate of drug-likeness (QED) is 0.645. The van der Waals surface area contributed by atoms with Crippen LogP contribution in [0.5, 0.6) is 0 Å². The second-order valence-corrected chi connectivity index (χ2v) is 12.1. The minimum atomic E-state index is -1.59. The topological polar surface area (TPSA) is 0 Å². The van der Waals surface area contributed by atoms with Crippen molar-refractivity contribution in [1.82, 2.24) is 0 Å². The molecule has 0 spiro atoms. The first-order valence-electron chi connectivity index (χ1n) is 7.21. The first kappa shape index (κ1) is 14.5. The number of hydrogen-bond acceptors (Lipinski definition) is 0. The van der Waals surface area contributed by atoms with Crippen LogP contribution in [0.3, 0.4) is 0 Å². The van der Waals surface area contributed by atoms with E-state index < -0.39 is 17.3 Å². The summed E-state index contributed by atoms with van der Waals surface area (Å²) in [6, 6.07) is 22.2. The molecule has 3 rings (SSSR count). The van der Waals surface area contributed by atoms with Crippen LogP contribution < -0.4 is 7.91 Å². The summed E-state index contributed by atoms with van der Waals surface area (Å²) in [6.07, 6.45) is 4.76. The fourth-order valence-corrected chi connectivity index (χ4v) is 10.3. The number of rotatable bonds is 3. The second-order valence-electron chi connectivity index (χ2n) is 5.41.